The molecule has 0 bridgehead atoms. The molecular formula is C20H21N3O3S. The maximum absolute atomic E-state index is 12.6. The molecule has 6 nitrogen and oxygen atoms in total. The van der Waals surface area contributed by atoms with Gasteiger partial charge in [-0.25, -0.2) is 0 Å². The molecular weight excluding hydrogens is 362 g/mol. The van der Waals surface area contributed by atoms with E-state index in [1.165, 1.54) is 11.3 Å². The lowest BCUT2D eigenvalue weighted by molar-refractivity contribution is -0.118. The molecule has 0 saturated heterocycles. The smallest absolute Gasteiger partial charge is 0.266 e. The summed E-state index contributed by atoms with van der Waals surface area (Å²) in [5, 5.41) is 9.32. The Morgan fingerprint density at radius 2 is 1.37 bits per heavy atom. The molecule has 2 saturated carbocycles. The van der Waals surface area contributed by atoms with Crippen LogP contribution in [0.25, 0.3) is 0 Å². The van der Waals surface area contributed by atoms with E-state index in [1.54, 1.807) is 24.3 Å². The average Bonchev–Trinajstić information content (AvgIpc) is 3.54. The van der Waals surface area contributed by atoms with Crippen molar-refractivity contribution < 1.29 is 14.4 Å². The summed E-state index contributed by atoms with van der Waals surface area (Å²) in [6.45, 7) is 1.86. The minimum absolute atomic E-state index is 0.0343. The monoisotopic (exact) mass is 383 g/mol. The molecule has 2 aliphatic carbocycles. The lowest BCUT2D eigenvalue weighted by Crippen LogP contribution is -2.14. The molecule has 2 aromatic rings. The van der Waals surface area contributed by atoms with Crippen molar-refractivity contribution in [1.82, 2.24) is 0 Å². The second-order valence-corrected chi connectivity index (χ2v) is 8.23. The van der Waals surface area contributed by atoms with Crippen molar-refractivity contribution in [2.75, 3.05) is 16.0 Å². The van der Waals surface area contributed by atoms with Crippen LogP contribution in [0.1, 0.15) is 40.9 Å². The zero-order valence-corrected chi connectivity index (χ0v) is 15.8. The second-order valence-electron chi connectivity index (χ2n) is 7.18. The van der Waals surface area contributed by atoms with E-state index in [9.17, 15) is 14.4 Å². The van der Waals surface area contributed by atoms with Crippen LogP contribution in [-0.4, -0.2) is 17.7 Å². The predicted molar refractivity (Wildman–Crippen MR) is 106 cm³/mol. The van der Waals surface area contributed by atoms with Gasteiger partial charge in [0.2, 0.25) is 11.8 Å². The van der Waals surface area contributed by atoms with E-state index >= 15 is 0 Å². The van der Waals surface area contributed by atoms with Gasteiger partial charge in [0.15, 0.2) is 0 Å². The molecule has 3 amide bonds. The normalized spacial score (nSPS) is 15.9. The van der Waals surface area contributed by atoms with E-state index in [0.717, 1.165) is 36.9 Å². The van der Waals surface area contributed by atoms with Crippen molar-refractivity contribution in [2.24, 2.45) is 11.8 Å². The summed E-state index contributed by atoms with van der Waals surface area (Å²) in [6, 6.07) is 8.91. The zero-order valence-electron chi connectivity index (χ0n) is 15.0. The first-order valence-electron chi connectivity index (χ1n) is 9.13. The summed E-state index contributed by atoms with van der Waals surface area (Å²) >= 11 is 1.28. The first kappa shape index (κ1) is 17.7. The third-order valence-corrected chi connectivity index (χ3v) is 5.83. The number of hydrogen-bond acceptors (Lipinski definition) is 4. The molecule has 140 valence electrons. The number of rotatable bonds is 6. The molecule has 0 aliphatic heterocycles. The van der Waals surface area contributed by atoms with Gasteiger partial charge < -0.3 is 16.0 Å². The third kappa shape index (κ3) is 4.36. The second kappa shape index (κ2) is 7.15. The fourth-order valence-electron chi connectivity index (χ4n) is 2.75. The Hall–Kier alpha value is -2.67. The van der Waals surface area contributed by atoms with E-state index in [-0.39, 0.29) is 29.6 Å². The van der Waals surface area contributed by atoms with E-state index in [2.05, 4.69) is 16.0 Å². The number of benzene rings is 1. The van der Waals surface area contributed by atoms with E-state index < -0.39 is 0 Å². The highest BCUT2D eigenvalue weighted by molar-refractivity contribution is 7.18. The maximum Gasteiger partial charge on any atom is 0.266 e. The van der Waals surface area contributed by atoms with Gasteiger partial charge in [-0.15, -0.1) is 11.3 Å². The molecule has 2 aliphatic rings. The molecule has 1 aromatic carbocycles. The minimum atomic E-state index is -0.209. The predicted octanol–water partition coefficient (Wildman–Crippen LogP) is 4.01. The van der Waals surface area contributed by atoms with Gasteiger partial charge in [0.1, 0.15) is 0 Å². The first-order valence-corrected chi connectivity index (χ1v) is 9.95. The van der Waals surface area contributed by atoms with Crippen LogP contribution < -0.4 is 16.0 Å². The van der Waals surface area contributed by atoms with Crippen LogP contribution in [0, 0.1) is 18.8 Å². The maximum atomic E-state index is 12.6. The van der Waals surface area contributed by atoms with Crippen LogP contribution in [0.2, 0.25) is 0 Å². The molecule has 7 heteroatoms. The summed E-state index contributed by atoms with van der Waals surface area (Å²) in [5.74, 6) is 0.164. The Morgan fingerprint density at radius 3 is 1.93 bits per heavy atom. The van der Waals surface area contributed by atoms with Gasteiger partial charge in [-0.1, -0.05) is 0 Å². The van der Waals surface area contributed by atoms with Crippen LogP contribution in [0.3, 0.4) is 0 Å². The van der Waals surface area contributed by atoms with Gasteiger partial charge in [-0.05, 0) is 68.5 Å². The van der Waals surface area contributed by atoms with Gasteiger partial charge >= 0.3 is 0 Å². The van der Waals surface area contributed by atoms with Gasteiger partial charge in [0, 0.05) is 23.2 Å². The number of amides is 3. The highest BCUT2D eigenvalue weighted by atomic mass is 32.1. The summed E-state index contributed by atoms with van der Waals surface area (Å²) < 4.78 is 0. The van der Waals surface area contributed by atoms with Gasteiger partial charge in [-0.2, -0.15) is 0 Å². The Balaban J connectivity index is 1.37. The number of carbonyl (C=O) groups is 3. The fraction of sp³-hybridized carbons (Fsp3) is 0.350. The molecule has 27 heavy (non-hydrogen) atoms. The Labute approximate surface area is 161 Å². The number of thiophene rings is 1. The SMILES string of the molecule is Cc1cc(NC(=O)C2CC2)sc1C(=O)Nc1ccc(NC(=O)C2CC2)cc1. The molecule has 1 aromatic heterocycles. The number of aryl methyl sites for hydroxylation is 1. The first-order chi connectivity index (χ1) is 13.0. The van der Waals surface area contributed by atoms with Crippen LogP contribution in [-0.2, 0) is 9.59 Å². The third-order valence-electron chi connectivity index (χ3n) is 4.68. The molecule has 3 N–H and O–H groups in total. The summed E-state index contributed by atoms with van der Waals surface area (Å²) in [5.41, 5.74) is 2.21. The fourth-order valence-corrected chi connectivity index (χ4v) is 3.72. The van der Waals surface area contributed by atoms with Crippen LogP contribution in [0.15, 0.2) is 30.3 Å². The highest BCUT2D eigenvalue weighted by Crippen LogP contribution is 2.33. The van der Waals surface area contributed by atoms with Gasteiger partial charge in [0.25, 0.3) is 5.91 Å². The van der Waals surface area contributed by atoms with Crippen molar-refractivity contribution in [3.05, 3.63) is 40.8 Å². The van der Waals surface area contributed by atoms with E-state index in [1.807, 2.05) is 13.0 Å². The van der Waals surface area contributed by atoms with E-state index in [4.69, 9.17) is 0 Å². The standard InChI is InChI=1S/C20H21N3O3S/c1-11-10-16(23-19(25)13-4-5-13)27-17(11)20(26)22-15-8-6-14(7-9-15)21-18(24)12-2-3-12/h6-10,12-13H,2-5H2,1H3,(H,21,24)(H,22,26)(H,23,25). The Bertz CT molecular complexity index is 896. The summed E-state index contributed by atoms with van der Waals surface area (Å²) in [6.07, 6.45) is 3.81. The Kier molecular flexibility index (Phi) is 4.70. The van der Waals surface area contributed by atoms with Crippen molar-refractivity contribution in [3.63, 3.8) is 0 Å². The topological polar surface area (TPSA) is 87.3 Å². The number of nitrogens with one attached hydrogen (secondary N) is 3. The van der Waals surface area contributed by atoms with Crippen LogP contribution in [0.4, 0.5) is 16.4 Å². The molecule has 0 unspecified atom stereocenters. The molecule has 0 spiro atoms. The molecule has 1 heterocycles. The number of hydrogen-bond donors (Lipinski definition) is 3. The molecule has 4 rings (SSSR count). The van der Waals surface area contributed by atoms with Crippen LogP contribution >= 0.6 is 11.3 Å². The number of carbonyl (C=O) groups excluding carboxylic acids is 3. The lowest BCUT2D eigenvalue weighted by atomic mass is 10.2. The van der Waals surface area contributed by atoms with Crippen molar-refractivity contribution in [3.8, 4) is 0 Å². The number of anilines is 3. The van der Waals surface area contributed by atoms with Gasteiger partial charge in [0.05, 0.1) is 9.88 Å². The minimum Gasteiger partial charge on any atom is -0.326 e. The zero-order chi connectivity index (χ0) is 19.0. The highest BCUT2D eigenvalue weighted by Gasteiger charge is 2.30. The van der Waals surface area contributed by atoms with Crippen molar-refractivity contribution in [1.29, 1.82) is 0 Å². The quantitative estimate of drug-likeness (QED) is 0.704. The molecule has 2 fully saturated rings. The lowest BCUT2D eigenvalue weighted by Gasteiger charge is -2.07. The Morgan fingerprint density at radius 1 is 0.852 bits per heavy atom. The van der Waals surface area contributed by atoms with Gasteiger partial charge in [-0.3, -0.25) is 14.4 Å². The average molecular weight is 383 g/mol. The van der Waals surface area contributed by atoms with Crippen molar-refractivity contribution >= 4 is 45.4 Å². The van der Waals surface area contributed by atoms with Crippen LogP contribution in [0.5, 0.6) is 0 Å². The molecule has 0 radical (unpaired) electrons. The summed E-state index contributed by atoms with van der Waals surface area (Å²) in [4.78, 5) is 36.8. The summed E-state index contributed by atoms with van der Waals surface area (Å²) in [7, 11) is 0. The van der Waals surface area contributed by atoms with Crippen molar-refractivity contribution in [2.45, 2.75) is 32.6 Å². The molecule has 0 atom stereocenters. The largest absolute Gasteiger partial charge is 0.326 e. The van der Waals surface area contributed by atoms with E-state index in [0.29, 0.717) is 15.6 Å².